The molecule has 0 aromatic heterocycles. The molecule has 0 amide bonds. The van der Waals surface area contributed by atoms with Crippen LogP contribution in [0.15, 0.2) is 10.2 Å². The topological polar surface area (TPSA) is 284 Å². The first-order valence-electron chi connectivity index (χ1n) is 16.7. The number of fused-ring (bicyclic) bond motifs is 1. The molecule has 4 fully saturated rings. The van der Waals surface area contributed by atoms with Gasteiger partial charge < -0.3 is 4.74 Å². The van der Waals surface area contributed by atoms with E-state index < -0.39 is 41.9 Å². The SMILES string of the molecule is COC1CC(N=NC2CCC3CC(SOOO)CC(S(=O)(=O)O)C3C2)CCC1NC1NC(SCCCS(=O)(=O)O)NC(SCCCS(=O)(=O)O)N1. The van der Waals surface area contributed by atoms with Crippen molar-refractivity contribution in [2.45, 2.75) is 116 Å². The van der Waals surface area contributed by atoms with Gasteiger partial charge in [-0.3, -0.25) is 34.9 Å². The highest BCUT2D eigenvalue weighted by Gasteiger charge is 2.47. The van der Waals surface area contributed by atoms with Crippen LogP contribution in [0.1, 0.15) is 64.2 Å². The van der Waals surface area contributed by atoms with Crippen molar-refractivity contribution in [1.29, 1.82) is 0 Å². The third-order valence-corrected chi connectivity index (χ3v) is 15.6. The Morgan fingerprint density at radius 1 is 0.784 bits per heavy atom. The summed E-state index contributed by atoms with van der Waals surface area (Å²) in [6.07, 6.45) is 4.75. The van der Waals surface area contributed by atoms with Gasteiger partial charge in [-0.05, 0) is 87.5 Å². The predicted octanol–water partition coefficient (Wildman–Crippen LogP) is 1.89. The van der Waals surface area contributed by atoms with E-state index in [9.17, 15) is 29.8 Å². The van der Waals surface area contributed by atoms with Crippen LogP contribution in [-0.4, -0.2) is 126 Å². The molecular weight excluding hydrogens is 797 g/mol. The molecule has 8 N–H and O–H groups in total. The minimum Gasteiger partial charge on any atom is -0.380 e. The Kier molecular flexibility index (Phi) is 17.4. The van der Waals surface area contributed by atoms with Gasteiger partial charge in [-0.2, -0.15) is 35.5 Å². The molecule has 25 heteroatoms. The highest BCUT2D eigenvalue weighted by molar-refractivity contribution is 8.00. The Bertz CT molecular complexity index is 1400. The van der Waals surface area contributed by atoms with E-state index in [0.29, 0.717) is 37.2 Å². The lowest BCUT2D eigenvalue weighted by Crippen LogP contribution is -2.71. The normalized spacial score (nSPS) is 35.5. The van der Waals surface area contributed by atoms with E-state index in [1.165, 1.54) is 23.5 Å². The van der Waals surface area contributed by atoms with Gasteiger partial charge in [-0.1, -0.05) is 5.04 Å². The second kappa shape index (κ2) is 20.3. The lowest BCUT2D eigenvalue weighted by Gasteiger charge is -2.44. The molecule has 4 rings (SSSR count). The first-order valence-corrected chi connectivity index (χ1v) is 24.4. The number of ether oxygens (including phenoxy) is 1. The minimum atomic E-state index is -4.32. The van der Waals surface area contributed by atoms with Gasteiger partial charge >= 0.3 is 0 Å². The van der Waals surface area contributed by atoms with Crippen LogP contribution in [0.25, 0.3) is 0 Å². The van der Waals surface area contributed by atoms with Crippen molar-refractivity contribution in [3.63, 3.8) is 0 Å². The van der Waals surface area contributed by atoms with E-state index in [-0.39, 0.29) is 83.1 Å². The van der Waals surface area contributed by atoms with Crippen LogP contribution in [0.3, 0.4) is 0 Å². The number of nitrogens with zero attached hydrogens (tertiary/aromatic N) is 2. The maximum atomic E-state index is 12.3. The fourth-order valence-electron chi connectivity index (χ4n) is 7.28. The second-order valence-corrected chi connectivity index (χ2v) is 21.4. The molecule has 0 aromatic rings. The van der Waals surface area contributed by atoms with Crippen molar-refractivity contribution in [3.8, 4) is 0 Å². The molecule has 1 saturated heterocycles. The summed E-state index contributed by atoms with van der Waals surface area (Å²) in [4.78, 5) is 0. The Morgan fingerprint density at radius 2 is 1.37 bits per heavy atom. The van der Waals surface area contributed by atoms with Gasteiger partial charge in [0, 0.05) is 30.4 Å². The summed E-state index contributed by atoms with van der Waals surface area (Å²) in [5.41, 5.74) is -0.606. The molecule has 19 nitrogen and oxygen atoms in total. The lowest BCUT2D eigenvalue weighted by atomic mass is 9.69. The summed E-state index contributed by atoms with van der Waals surface area (Å²) in [5, 5.41) is 34.0. The van der Waals surface area contributed by atoms with Crippen molar-refractivity contribution in [2.75, 3.05) is 30.1 Å². The Labute approximate surface area is 312 Å². The third kappa shape index (κ3) is 15.3. The molecular formula is C26H50N6O13S6. The minimum absolute atomic E-state index is 0.0536. The number of hydrogen-bond donors (Lipinski definition) is 8. The second-order valence-electron chi connectivity index (χ2n) is 13.2. The molecule has 0 radical (unpaired) electrons. The zero-order valence-electron chi connectivity index (χ0n) is 28.1. The molecule has 1 aliphatic heterocycles. The van der Waals surface area contributed by atoms with Crippen LogP contribution in [0.2, 0.25) is 0 Å². The molecule has 298 valence electrons. The van der Waals surface area contributed by atoms with Crippen molar-refractivity contribution in [3.05, 3.63) is 0 Å². The summed E-state index contributed by atoms with van der Waals surface area (Å²) in [7, 11) is -10.8. The van der Waals surface area contributed by atoms with Gasteiger partial charge in [0.2, 0.25) is 0 Å². The van der Waals surface area contributed by atoms with Crippen LogP contribution in [-0.2, 0) is 44.5 Å². The average Bonchev–Trinajstić information content (AvgIpc) is 3.05. The number of thioether (sulfide) groups is 2. The van der Waals surface area contributed by atoms with Crippen LogP contribution in [0, 0.1) is 11.8 Å². The van der Waals surface area contributed by atoms with Crippen LogP contribution in [0.5, 0.6) is 0 Å². The van der Waals surface area contributed by atoms with Crippen molar-refractivity contribution in [2.24, 2.45) is 22.1 Å². The third-order valence-electron chi connectivity index (χ3n) is 9.59. The first-order chi connectivity index (χ1) is 24.0. The molecule has 1 heterocycles. The Balaban J connectivity index is 1.30. The molecule has 4 aliphatic rings. The summed E-state index contributed by atoms with van der Waals surface area (Å²) in [5.74, 6) is -0.0141. The van der Waals surface area contributed by atoms with Gasteiger partial charge in [0.1, 0.15) is 17.3 Å². The fourth-order valence-corrected chi connectivity index (χ4v) is 12.9. The zero-order chi connectivity index (χ0) is 37.2. The van der Waals surface area contributed by atoms with Crippen molar-refractivity contribution >= 4 is 65.9 Å². The van der Waals surface area contributed by atoms with Gasteiger partial charge in [0.15, 0.2) is 0 Å². The number of nitrogens with one attached hydrogen (secondary N) is 4. The molecule has 51 heavy (non-hydrogen) atoms. The number of azo groups is 1. The molecule has 3 aliphatic carbocycles. The summed E-state index contributed by atoms with van der Waals surface area (Å²) in [6, 6.07) is -0.341. The van der Waals surface area contributed by atoms with Crippen LogP contribution < -0.4 is 21.3 Å². The summed E-state index contributed by atoms with van der Waals surface area (Å²) >= 11 is 3.72. The molecule has 3 saturated carbocycles. The smallest absolute Gasteiger partial charge is 0.268 e. The lowest BCUT2D eigenvalue weighted by molar-refractivity contribution is -0.432. The summed E-state index contributed by atoms with van der Waals surface area (Å²) in [6.45, 7) is 0. The van der Waals surface area contributed by atoms with Crippen LogP contribution >= 0.6 is 35.6 Å². The maximum Gasteiger partial charge on any atom is 0.268 e. The highest BCUT2D eigenvalue weighted by Crippen LogP contribution is 2.47. The number of hydrogen-bond acceptors (Lipinski definition) is 19. The van der Waals surface area contributed by atoms with E-state index in [1.54, 1.807) is 7.11 Å². The van der Waals surface area contributed by atoms with Crippen molar-refractivity contribution in [1.82, 2.24) is 21.3 Å². The zero-order valence-corrected chi connectivity index (χ0v) is 33.0. The van der Waals surface area contributed by atoms with Crippen LogP contribution in [0.4, 0.5) is 0 Å². The van der Waals surface area contributed by atoms with E-state index in [1.807, 2.05) is 0 Å². The Hall–Kier alpha value is 0.0600. The van der Waals surface area contributed by atoms with Gasteiger partial charge in [-0.15, -0.1) is 27.9 Å². The number of methoxy groups -OCH3 is 1. The van der Waals surface area contributed by atoms with E-state index in [4.69, 9.17) is 19.1 Å². The Morgan fingerprint density at radius 3 is 1.92 bits per heavy atom. The molecule has 0 aromatic carbocycles. The number of rotatable bonds is 19. The molecule has 10 unspecified atom stereocenters. The van der Waals surface area contributed by atoms with E-state index >= 15 is 0 Å². The standard InChI is InChI=1S/C26H50N6O13S6/c1-43-22-14-18(32-31-17-5-4-16-12-19(48-45-44-33)15-23(20(16)13-17)51(40,41)42)6-7-21(22)27-24-28-25(46-8-2-10-49(34,35)36)30-26(29-24)47-9-3-11-50(37,38)39/h16-30,33H,2-15H2,1H3,(H,34,35,36)(H,37,38,39)(H,40,41,42). The van der Waals surface area contributed by atoms with E-state index in [0.717, 1.165) is 31.3 Å². The summed E-state index contributed by atoms with van der Waals surface area (Å²) < 4.78 is 108. The van der Waals surface area contributed by atoms with Crippen molar-refractivity contribution < 1.29 is 58.3 Å². The fraction of sp³-hybridized carbons (Fsp3) is 1.00. The largest absolute Gasteiger partial charge is 0.380 e. The molecule has 10 atom stereocenters. The van der Waals surface area contributed by atoms with E-state index in [2.05, 4.69) is 40.9 Å². The first kappa shape index (κ1) is 43.8. The molecule has 0 bridgehead atoms. The molecule has 0 spiro atoms. The average molecular weight is 847 g/mol. The van der Waals surface area contributed by atoms with Gasteiger partial charge in [-0.25, -0.2) is 5.26 Å². The highest BCUT2D eigenvalue weighted by atomic mass is 32.2. The predicted molar refractivity (Wildman–Crippen MR) is 193 cm³/mol. The maximum absolute atomic E-state index is 12.3. The monoisotopic (exact) mass is 846 g/mol. The quantitative estimate of drug-likeness (QED) is 0.0230. The van der Waals surface area contributed by atoms with Gasteiger partial charge in [0.25, 0.3) is 30.4 Å². The van der Waals surface area contributed by atoms with Gasteiger partial charge in [0.05, 0.1) is 34.9 Å².